The maximum atomic E-state index is 4.39. The molecule has 0 saturated carbocycles. The van der Waals surface area contributed by atoms with E-state index in [2.05, 4.69) is 34.5 Å². The number of pyridine rings is 1. The summed E-state index contributed by atoms with van der Waals surface area (Å²) in [4.78, 5) is 12.0. The zero-order valence-electron chi connectivity index (χ0n) is 8.46. The Bertz CT molecular complexity index is 482. The largest absolute Gasteiger partial charge is 0.340 e. The van der Waals surface area contributed by atoms with Crippen LogP contribution in [0.2, 0.25) is 0 Å². The molecule has 0 atom stereocenters. The van der Waals surface area contributed by atoms with Gasteiger partial charge in [0.05, 0.1) is 5.52 Å². The smallest absolute Gasteiger partial charge is 0.178 e. The van der Waals surface area contributed by atoms with Gasteiger partial charge in [-0.15, -0.1) is 6.58 Å². The van der Waals surface area contributed by atoms with Crippen molar-refractivity contribution in [1.29, 1.82) is 0 Å². The van der Waals surface area contributed by atoms with Gasteiger partial charge in [-0.1, -0.05) is 6.08 Å². The lowest BCUT2D eigenvalue weighted by atomic mass is 10.2. The van der Waals surface area contributed by atoms with E-state index in [4.69, 9.17) is 0 Å². The lowest BCUT2D eigenvalue weighted by Crippen LogP contribution is -1.85. The first-order valence-electron chi connectivity index (χ1n) is 4.64. The minimum absolute atomic E-state index is 0.759. The fourth-order valence-electron chi connectivity index (χ4n) is 1.59. The number of nitrogens with zero attached hydrogens (tertiary/aromatic N) is 2. The highest BCUT2D eigenvalue weighted by molar-refractivity contribution is 5.74. The van der Waals surface area contributed by atoms with E-state index in [1.807, 2.05) is 13.0 Å². The van der Waals surface area contributed by atoms with Gasteiger partial charge in [0.15, 0.2) is 5.65 Å². The first-order valence-corrected chi connectivity index (χ1v) is 4.64. The van der Waals surface area contributed by atoms with Gasteiger partial charge in [-0.2, -0.15) is 0 Å². The summed E-state index contributed by atoms with van der Waals surface area (Å²) in [5, 5.41) is 0. The van der Waals surface area contributed by atoms with Gasteiger partial charge in [-0.05, 0) is 25.5 Å². The van der Waals surface area contributed by atoms with Gasteiger partial charge in [0.2, 0.25) is 0 Å². The Morgan fingerprint density at radius 3 is 2.93 bits per heavy atom. The van der Waals surface area contributed by atoms with Crippen molar-refractivity contribution in [3.05, 3.63) is 35.8 Å². The normalized spacial score (nSPS) is 10.7. The molecule has 2 heterocycles. The quantitative estimate of drug-likeness (QED) is 0.733. The molecule has 3 heteroatoms. The number of H-pyrrole nitrogens is 1. The Balaban J connectivity index is 2.64. The SMILES string of the molecule is C=CCc1nc2nc(C)cc(C)c2[nH]1. The maximum Gasteiger partial charge on any atom is 0.178 e. The van der Waals surface area contributed by atoms with Gasteiger partial charge in [0, 0.05) is 12.1 Å². The number of fused-ring (bicyclic) bond motifs is 1. The summed E-state index contributed by atoms with van der Waals surface area (Å²) in [5.41, 5.74) is 4.04. The van der Waals surface area contributed by atoms with E-state index in [1.54, 1.807) is 0 Å². The summed E-state index contributed by atoms with van der Waals surface area (Å²) < 4.78 is 0. The van der Waals surface area contributed by atoms with E-state index in [0.717, 1.165) is 29.1 Å². The molecule has 0 aromatic carbocycles. The Labute approximate surface area is 82.9 Å². The van der Waals surface area contributed by atoms with E-state index in [9.17, 15) is 0 Å². The highest BCUT2D eigenvalue weighted by Gasteiger charge is 2.05. The van der Waals surface area contributed by atoms with Gasteiger partial charge >= 0.3 is 0 Å². The first-order chi connectivity index (χ1) is 6.70. The van der Waals surface area contributed by atoms with Crippen molar-refractivity contribution in [2.75, 3.05) is 0 Å². The Morgan fingerprint density at radius 1 is 1.43 bits per heavy atom. The number of aryl methyl sites for hydroxylation is 2. The van der Waals surface area contributed by atoms with E-state index in [-0.39, 0.29) is 0 Å². The predicted molar refractivity (Wildman–Crippen MR) is 57.3 cm³/mol. The number of hydrogen-bond acceptors (Lipinski definition) is 2. The summed E-state index contributed by atoms with van der Waals surface area (Å²) >= 11 is 0. The van der Waals surface area contributed by atoms with Gasteiger partial charge in [-0.25, -0.2) is 9.97 Å². The Kier molecular flexibility index (Phi) is 2.08. The lowest BCUT2D eigenvalue weighted by molar-refractivity contribution is 1.07. The van der Waals surface area contributed by atoms with Crippen LogP contribution in [0.3, 0.4) is 0 Å². The number of allylic oxidation sites excluding steroid dienone is 1. The summed E-state index contributed by atoms with van der Waals surface area (Å²) in [6.07, 6.45) is 2.59. The summed E-state index contributed by atoms with van der Waals surface area (Å²) in [7, 11) is 0. The van der Waals surface area contributed by atoms with Crippen molar-refractivity contribution in [2.24, 2.45) is 0 Å². The average molecular weight is 187 g/mol. The zero-order valence-corrected chi connectivity index (χ0v) is 8.46. The van der Waals surface area contributed by atoms with Gasteiger partial charge in [0.1, 0.15) is 5.82 Å². The van der Waals surface area contributed by atoms with Crippen LogP contribution in [0.4, 0.5) is 0 Å². The molecule has 2 aromatic rings. The number of rotatable bonds is 2. The molecule has 3 nitrogen and oxygen atoms in total. The molecule has 0 bridgehead atoms. The minimum atomic E-state index is 0.759. The van der Waals surface area contributed by atoms with E-state index >= 15 is 0 Å². The second kappa shape index (κ2) is 3.25. The minimum Gasteiger partial charge on any atom is -0.340 e. The first kappa shape index (κ1) is 8.94. The monoisotopic (exact) mass is 187 g/mol. The van der Waals surface area contributed by atoms with Gasteiger partial charge in [-0.3, -0.25) is 0 Å². The third-order valence-corrected chi connectivity index (χ3v) is 2.17. The molecule has 72 valence electrons. The second-order valence-electron chi connectivity index (χ2n) is 3.46. The molecule has 14 heavy (non-hydrogen) atoms. The standard InChI is InChI=1S/C11H13N3/c1-4-5-9-13-10-7(2)6-8(3)12-11(10)14-9/h4,6H,1,5H2,2-3H3,(H,12,13,14). The summed E-state index contributed by atoms with van der Waals surface area (Å²) in [6, 6.07) is 2.05. The number of nitrogens with one attached hydrogen (secondary N) is 1. The predicted octanol–water partition coefficient (Wildman–Crippen LogP) is 2.30. The summed E-state index contributed by atoms with van der Waals surface area (Å²) in [5.74, 6) is 0.927. The molecule has 0 saturated heterocycles. The molecule has 0 aliphatic rings. The molecular weight excluding hydrogens is 174 g/mol. The molecule has 1 N–H and O–H groups in total. The molecule has 0 radical (unpaired) electrons. The number of aromatic amines is 1. The van der Waals surface area contributed by atoms with Crippen molar-refractivity contribution < 1.29 is 0 Å². The fourth-order valence-corrected chi connectivity index (χ4v) is 1.59. The van der Waals surface area contributed by atoms with Crippen LogP contribution >= 0.6 is 0 Å². The van der Waals surface area contributed by atoms with Crippen molar-refractivity contribution in [3.63, 3.8) is 0 Å². The van der Waals surface area contributed by atoms with Crippen molar-refractivity contribution in [3.8, 4) is 0 Å². The van der Waals surface area contributed by atoms with Crippen molar-refractivity contribution in [1.82, 2.24) is 15.0 Å². The van der Waals surface area contributed by atoms with Gasteiger partial charge < -0.3 is 4.98 Å². The van der Waals surface area contributed by atoms with Gasteiger partial charge in [0.25, 0.3) is 0 Å². The topological polar surface area (TPSA) is 41.6 Å². The van der Waals surface area contributed by atoms with Crippen LogP contribution < -0.4 is 0 Å². The number of aromatic nitrogens is 3. The molecule has 0 unspecified atom stereocenters. The molecule has 0 aliphatic heterocycles. The molecule has 0 aliphatic carbocycles. The highest BCUT2D eigenvalue weighted by atomic mass is 15.0. The number of imidazole rings is 1. The van der Waals surface area contributed by atoms with Crippen LogP contribution in [-0.4, -0.2) is 15.0 Å². The van der Waals surface area contributed by atoms with Crippen LogP contribution in [0.1, 0.15) is 17.1 Å². The van der Waals surface area contributed by atoms with Crippen LogP contribution in [-0.2, 0) is 6.42 Å². The van der Waals surface area contributed by atoms with Crippen LogP contribution in [0.25, 0.3) is 11.2 Å². The molecule has 0 amide bonds. The second-order valence-corrected chi connectivity index (χ2v) is 3.46. The number of hydrogen-bond donors (Lipinski definition) is 1. The van der Waals surface area contributed by atoms with E-state index in [0.29, 0.717) is 0 Å². The van der Waals surface area contributed by atoms with Crippen LogP contribution in [0.15, 0.2) is 18.7 Å². The van der Waals surface area contributed by atoms with E-state index in [1.165, 1.54) is 5.56 Å². The molecule has 2 rings (SSSR count). The van der Waals surface area contributed by atoms with Crippen LogP contribution in [0.5, 0.6) is 0 Å². The van der Waals surface area contributed by atoms with Crippen molar-refractivity contribution >= 4 is 11.2 Å². The Morgan fingerprint density at radius 2 is 2.21 bits per heavy atom. The highest BCUT2D eigenvalue weighted by Crippen LogP contribution is 2.15. The summed E-state index contributed by atoms with van der Waals surface area (Å²) in [6.45, 7) is 7.73. The fraction of sp³-hybridized carbons (Fsp3) is 0.273. The molecule has 0 spiro atoms. The molecule has 0 fully saturated rings. The lowest BCUT2D eigenvalue weighted by Gasteiger charge is -1.95. The third-order valence-electron chi connectivity index (χ3n) is 2.17. The molecule has 2 aromatic heterocycles. The third kappa shape index (κ3) is 1.41. The Hall–Kier alpha value is -1.64. The van der Waals surface area contributed by atoms with Crippen molar-refractivity contribution in [2.45, 2.75) is 20.3 Å². The molecular formula is C11H13N3. The average Bonchev–Trinajstić information content (AvgIpc) is 2.48. The van der Waals surface area contributed by atoms with Crippen LogP contribution in [0, 0.1) is 13.8 Å². The van der Waals surface area contributed by atoms with E-state index < -0.39 is 0 Å². The zero-order chi connectivity index (χ0) is 10.1. The maximum absolute atomic E-state index is 4.39.